The van der Waals surface area contributed by atoms with Gasteiger partial charge in [-0.25, -0.2) is 5.84 Å². The van der Waals surface area contributed by atoms with Crippen LogP contribution in [0.5, 0.6) is 0 Å². The summed E-state index contributed by atoms with van der Waals surface area (Å²) in [7, 11) is 1.70. The molecule has 3 nitrogen and oxygen atoms in total. The van der Waals surface area contributed by atoms with Gasteiger partial charge in [-0.15, -0.1) is 0 Å². The van der Waals surface area contributed by atoms with Crippen molar-refractivity contribution in [2.45, 2.75) is 6.92 Å². The number of aryl methyl sites for hydroxylation is 1. The first-order valence-corrected chi connectivity index (χ1v) is 4.69. The van der Waals surface area contributed by atoms with Crippen LogP contribution in [-0.2, 0) is 0 Å². The van der Waals surface area contributed by atoms with Crippen LogP contribution in [0.1, 0.15) is 11.1 Å². The molecule has 0 fully saturated rings. The molecule has 0 unspecified atom stereocenters. The van der Waals surface area contributed by atoms with Gasteiger partial charge in [0.25, 0.3) is 0 Å². The van der Waals surface area contributed by atoms with Crippen LogP contribution >= 0.6 is 15.9 Å². The maximum atomic E-state index is 5.33. The van der Waals surface area contributed by atoms with E-state index in [1.54, 1.807) is 7.05 Å². The highest BCUT2D eigenvalue weighted by atomic mass is 79.9. The molecule has 1 aromatic carbocycles. The van der Waals surface area contributed by atoms with Crippen molar-refractivity contribution in [3.05, 3.63) is 33.8 Å². The average Bonchev–Trinajstić information content (AvgIpc) is 2.14. The normalized spacial score (nSPS) is 11.5. The van der Waals surface area contributed by atoms with Crippen LogP contribution in [0.4, 0.5) is 0 Å². The molecule has 0 aromatic heterocycles. The number of halogens is 1. The van der Waals surface area contributed by atoms with Crippen molar-refractivity contribution in [3.63, 3.8) is 0 Å². The Morgan fingerprint density at radius 2 is 2.23 bits per heavy atom. The van der Waals surface area contributed by atoms with Gasteiger partial charge in [-0.05, 0) is 28.4 Å². The van der Waals surface area contributed by atoms with Gasteiger partial charge in [0.05, 0.1) is 0 Å². The summed E-state index contributed by atoms with van der Waals surface area (Å²) in [5.41, 5.74) is 4.69. The molecule has 1 rings (SSSR count). The fourth-order valence-electron chi connectivity index (χ4n) is 1.09. The Labute approximate surface area is 86.1 Å². The molecule has 70 valence electrons. The number of aliphatic imine (C=N–C) groups is 1. The molecule has 4 heteroatoms. The van der Waals surface area contributed by atoms with E-state index in [1.807, 2.05) is 25.1 Å². The number of rotatable bonds is 1. The predicted octanol–water partition coefficient (Wildman–Crippen LogP) is 1.60. The maximum Gasteiger partial charge on any atom is 0.143 e. The largest absolute Gasteiger partial charge is 0.308 e. The molecular weight excluding hydrogens is 230 g/mol. The fourth-order valence-corrected chi connectivity index (χ4v) is 1.55. The van der Waals surface area contributed by atoms with Crippen molar-refractivity contribution in [2.24, 2.45) is 10.8 Å². The van der Waals surface area contributed by atoms with Gasteiger partial charge in [-0.2, -0.15) is 0 Å². The van der Waals surface area contributed by atoms with Gasteiger partial charge in [0, 0.05) is 17.1 Å². The zero-order chi connectivity index (χ0) is 9.84. The van der Waals surface area contributed by atoms with Gasteiger partial charge in [-0.1, -0.05) is 18.2 Å². The molecule has 0 aliphatic heterocycles. The monoisotopic (exact) mass is 241 g/mol. The molecule has 0 spiro atoms. The van der Waals surface area contributed by atoms with Crippen molar-refractivity contribution < 1.29 is 0 Å². The number of hydrazine groups is 1. The topological polar surface area (TPSA) is 50.4 Å². The number of nitrogens with zero attached hydrogens (tertiary/aromatic N) is 1. The van der Waals surface area contributed by atoms with E-state index in [-0.39, 0.29) is 0 Å². The highest BCUT2D eigenvalue weighted by molar-refractivity contribution is 9.10. The molecule has 1 aromatic rings. The fraction of sp³-hybridized carbons (Fsp3) is 0.222. The summed E-state index contributed by atoms with van der Waals surface area (Å²) >= 11 is 3.49. The van der Waals surface area contributed by atoms with Crippen molar-refractivity contribution in [1.82, 2.24) is 5.43 Å². The predicted molar refractivity (Wildman–Crippen MR) is 58.7 cm³/mol. The van der Waals surface area contributed by atoms with Crippen molar-refractivity contribution in [2.75, 3.05) is 7.05 Å². The van der Waals surface area contributed by atoms with Gasteiger partial charge in [0.2, 0.25) is 0 Å². The van der Waals surface area contributed by atoms with E-state index in [1.165, 1.54) is 0 Å². The van der Waals surface area contributed by atoms with Gasteiger partial charge >= 0.3 is 0 Å². The van der Waals surface area contributed by atoms with Gasteiger partial charge in [0.1, 0.15) is 5.84 Å². The first-order valence-electron chi connectivity index (χ1n) is 3.89. The number of hydrogen-bond donors (Lipinski definition) is 2. The van der Waals surface area contributed by atoms with Crippen LogP contribution in [0, 0.1) is 6.92 Å². The summed E-state index contributed by atoms with van der Waals surface area (Å²) in [6, 6.07) is 5.95. The van der Waals surface area contributed by atoms with E-state index >= 15 is 0 Å². The Bertz CT molecular complexity index is 334. The van der Waals surface area contributed by atoms with Crippen LogP contribution in [0.3, 0.4) is 0 Å². The Hall–Kier alpha value is -0.870. The molecule has 13 heavy (non-hydrogen) atoms. The first kappa shape index (κ1) is 10.2. The Kier molecular flexibility index (Phi) is 3.45. The van der Waals surface area contributed by atoms with E-state index in [0.29, 0.717) is 5.84 Å². The Morgan fingerprint density at radius 3 is 2.77 bits per heavy atom. The van der Waals surface area contributed by atoms with Crippen molar-refractivity contribution >= 4 is 21.8 Å². The summed E-state index contributed by atoms with van der Waals surface area (Å²) in [4.78, 5) is 4.03. The van der Waals surface area contributed by atoms with E-state index < -0.39 is 0 Å². The zero-order valence-electron chi connectivity index (χ0n) is 7.63. The van der Waals surface area contributed by atoms with Crippen LogP contribution in [-0.4, -0.2) is 12.9 Å². The highest BCUT2D eigenvalue weighted by Gasteiger charge is 2.06. The van der Waals surface area contributed by atoms with Crippen LogP contribution in [0.25, 0.3) is 0 Å². The summed E-state index contributed by atoms with van der Waals surface area (Å²) in [6.07, 6.45) is 0. The summed E-state index contributed by atoms with van der Waals surface area (Å²) in [6.45, 7) is 2.03. The molecule has 0 aliphatic carbocycles. The molecule has 0 aliphatic rings. The zero-order valence-corrected chi connectivity index (χ0v) is 9.22. The molecule has 0 atom stereocenters. The van der Waals surface area contributed by atoms with Gasteiger partial charge in [-0.3, -0.25) is 4.99 Å². The van der Waals surface area contributed by atoms with Crippen molar-refractivity contribution in [1.29, 1.82) is 0 Å². The minimum absolute atomic E-state index is 0.676. The highest BCUT2D eigenvalue weighted by Crippen LogP contribution is 2.20. The standard InChI is InChI=1S/C9H12BrN3/c1-6-4-3-5-7(8(6)10)9(12-2)13-11/h3-5H,11H2,1-2H3,(H,12,13). The van der Waals surface area contributed by atoms with Crippen molar-refractivity contribution in [3.8, 4) is 0 Å². The van der Waals surface area contributed by atoms with Gasteiger partial charge in [0.15, 0.2) is 0 Å². The Balaban J connectivity index is 3.22. The lowest BCUT2D eigenvalue weighted by atomic mass is 10.1. The number of nitrogens with one attached hydrogen (secondary N) is 1. The average molecular weight is 242 g/mol. The molecule has 0 radical (unpaired) electrons. The van der Waals surface area contributed by atoms with Crippen LogP contribution < -0.4 is 11.3 Å². The quantitative estimate of drug-likeness (QED) is 0.340. The number of hydrogen-bond acceptors (Lipinski definition) is 2. The van der Waals surface area contributed by atoms with E-state index in [4.69, 9.17) is 5.84 Å². The lowest BCUT2D eigenvalue weighted by molar-refractivity contribution is 1.02. The molecule has 3 N–H and O–H groups in total. The molecule has 0 heterocycles. The smallest absolute Gasteiger partial charge is 0.143 e. The second-order valence-electron chi connectivity index (χ2n) is 2.65. The second-order valence-corrected chi connectivity index (χ2v) is 3.45. The molecular formula is C9H12BrN3. The third kappa shape index (κ3) is 2.08. The summed E-state index contributed by atoms with van der Waals surface area (Å²) in [5, 5.41) is 0. The molecule has 0 saturated heterocycles. The third-order valence-electron chi connectivity index (χ3n) is 1.81. The number of nitrogens with two attached hydrogens (primary N) is 1. The first-order chi connectivity index (χ1) is 6.20. The Morgan fingerprint density at radius 1 is 1.54 bits per heavy atom. The summed E-state index contributed by atoms with van der Waals surface area (Å²) in [5.74, 6) is 6.01. The van der Waals surface area contributed by atoms with Crippen LogP contribution in [0.15, 0.2) is 27.7 Å². The van der Waals surface area contributed by atoms with E-state index in [0.717, 1.165) is 15.6 Å². The molecule has 0 bridgehead atoms. The van der Waals surface area contributed by atoms with E-state index in [2.05, 4.69) is 26.3 Å². The molecule has 0 amide bonds. The number of amidine groups is 1. The SMILES string of the molecule is CN=C(NN)c1cccc(C)c1Br. The lowest BCUT2D eigenvalue weighted by Crippen LogP contribution is -2.31. The third-order valence-corrected chi connectivity index (χ3v) is 2.86. The lowest BCUT2D eigenvalue weighted by Gasteiger charge is -2.08. The minimum Gasteiger partial charge on any atom is -0.308 e. The van der Waals surface area contributed by atoms with E-state index in [9.17, 15) is 0 Å². The van der Waals surface area contributed by atoms with Gasteiger partial charge < -0.3 is 5.43 Å². The minimum atomic E-state index is 0.676. The maximum absolute atomic E-state index is 5.33. The second kappa shape index (κ2) is 4.39. The van der Waals surface area contributed by atoms with Crippen LogP contribution in [0.2, 0.25) is 0 Å². The summed E-state index contributed by atoms with van der Waals surface area (Å²) < 4.78 is 1.02. The molecule has 0 saturated carbocycles. The number of benzene rings is 1.